The monoisotopic (exact) mass is 258 g/mol. The van der Waals surface area contributed by atoms with E-state index in [4.69, 9.17) is 9.05 Å². The first-order valence-corrected chi connectivity index (χ1v) is 6.98. The van der Waals surface area contributed by atoms with Crippen molar-refractivity contribution in [3.05, 3.63) is 41.5 Å². The van der Waals surface area contributed by atoms with Crippen molar-refractivity contribution in [3.63, 3.8) is 0 Å². The zero-order chi connectivity index (χ0) is 12.7. The summed E-state index contributed by atoms with van der Waals surface area (Å²) in [6, 6.07) is 8.78. The third-order valence-electron chi connectivity index (χ3n) is 1.95. The summed E-state index contributed by atoms with van der Waals surface area (Å²) in [7, 11) is -3.78. The smallest absolute Gasteiger partial charge is 0.304 e. The number of rotatable bonds is 6. The molecular weight excluding hydrogens is 242 g/mol. The Labute approximate surface area is 101 Å². The Morgan fingerprint density at radius 1 is 1.24 bits per heavy atom. The van der Waals surface area contributed by atoms with Crippen LogP contribution in [-0.2, 0) is 13.6 Å². The van der Waals surface area contributed by atoms with Gasteiger partial charge in [-0.25, -0.2) is 0 Å². The Morgan fingerprint density at radius 2 is 1.76 bits per heavy atom. The van der Waals surface area contributed by atoms with Crippen molar-refractivity contribution < 1.29 is 18.0 Å². The van der Waals surface area contributed by atoms with E-state index in [0.717, 1.165) is 0 Å². The molecule has 0 aliphatic rings. The second kappa shape index (κ2) is 6.70. The highest BCUT2D eigenvalue weighted by molar-refractivity contribution is 7.58. The molecule has 0 radical (unpaired) electrons. The Hall–Kier alpha value is -0.960. The van der Waals surface area contributed by atoms with E-state index in [9.17, 15) is 8.96 Å². The van der Waals surface area contributed by atoms with Gasteiger partial charge < -0.3 is 9.05 Å². The maximum Gasteiger partial charge on any atom is 0.389 e. The Kier molecular flexibility index (Phi) is 5.56. The van der Waals surface area contributed by atoms with Gasteiger partial charge in [-0.2, -0.15) is 4.39 Å². The van der Waals surface area contributed by atoms with Crippen LogP contribution in [0, 0.1) is 0 Å². The van der Waals surface area contributed by atoms with Crippen LogP contribution in [0.5, 0.6) is 0 Å². The van der Waals surface area contributed by atoms with E-state index >= 15 is 0 Å². The van der Waals surface area contributed by atoms with Gasteiger partial charge in [0.2, 0.25) is 5.57 Å². The molecule has 94 valence electrons. The number of hydrogen-bond donors (Lipinski definition) is 0. The van der Waals surface area contributed by atoms with Crippen LogP contribution in [0.1, 0.15) is 19.4 Å². The lowest BCUT2D eigenvalue weighted by molar-refractivity contribution is 0.220. The summed E-state index contributed by atoms with van der Waals surface area (Å²) in [5.74, 6) is 0. The van der Waals surface area contributed by atoms with E-state index < -0.39 is 13.2 Å². The molecule has 17 heavy (non-hydrogen) atoms. The minimum atomic E-state index is -3.78. The molecule has 0 unspecified atom stereocenters. The maximum absolute atomic E-state index is 13.9. The fourth-order valence-corrected chi connectivity index (χ4v) is 2.57. The zero-order valence-electron chi connectivity index (χ0n) is 9.93. The molecule has 0 saturated heterocycles. The van der Waals surface area contributed by atoms with Crippen LogP contribution in [0.15, 0.2) is 35.9 Å². The summed E-state index contributed by atoms with van der Waals surface area (Å²) >= 11 is 0. The van der Waals surface area contributed by atoms with Crippen molar-refractivity contribution in [3.8, 4) is 0 Å². The van der Waals surface area contributed by atoms with Crippen molar-refractivity contribution in [1.29, 1.82) is 0 Å². The summed E-state index contributed by atoms with van der Waals surface area (Å²) < 4.78 is 35.7. The molecule has 3 nitrogen and oxygen atoms in total. The highest BCUT2D eigenvalue weighted by atomic mass is 31.2. The van der Waals surface area contributed by atoms with Crippen LogP contribution in [0.3, 0.4) is 0 Å². The SMILES string of the molecule is CCOP(=O)(OCC)/C(F)=C\c1ccccc1. The third kappa shape index (κ3) is 4.08. The van der Waals surface area contributed by atoms with Crippen molar-refractivity contribution in [1.82, 2.24) is 0 Å². The molecule has 0 spiro atoms. The highest BCUT2D eigenvalue weighted by Crippen LogP contribution is 2.57. The van der Waals surface area contributed by atoms with Gasteiger partial charge in [-0.05, 0) is 25.5 Å². The lowest BCUT2D eigenvalue weighted by atomic mass is 10.2. The van der Waals surface area contributed by atoms with E-state index in [2.05, 4.69) is 0 Å². The van der Waals surface area contributed by atoms with Gasteiger partial charge in [0.1, 0.15) is 0 Å². The van der Waals surface area contributed by atoms with Crippen LogP contribution >= 0.6 is 7.60 Å². The van der Waals surface area contributed by atoms with Crippen LogP contribution in [0.2, 0.25) is 0 Å². The first-order chi connectivity index (χ1) is 8.12. The van der Waals surface area contributed by atoms with Gasteiger partial charge >= 0.3 is 7.60 Å². The predicted molar refractivity (Wildman–Crippen MR) is 66.4 cm³/mol. The number of benzene rings is 1. The van der Waals surface area contributed by atoms with Gasteiger partial charge in [-0.15, -0.1) is 0 Å². The second-order valence-electron chi connectivity index (χ2n) is 3.21. The molecule has 0 fully saturated rings. The summed E-state index contributed by atoms with van der Waals surface area (Å²) in [6.07, 6.45) is 1.17. The Morgan fingerprint density at radius 3 is 2.24 bits per heavy atom. The van der Waals surface area contributed by atoms with Gasteiger partial charge in [0.05, 0.1) is 13.2 Å². The minimum absolute atomic E-state index is 0.132. The van der Waals surface area contributed by atoms with Crippen LogP contribution in [0.4, 0.5) is 4.39 Å². The molecule has 0 amide bonds. The first-order valence-electron chi connectivity index (χ1n) is 5.44. The van der Waals surface area contributed by atoms with E-state index in [-0.39, 0.29) is 13.2 Å². The van der Waals surface area contributed by atoms with Crippen LogP contribution in [-0.4, -0.2) is 13.2 Å². The molecule has 5 heteroatoms. The van der Waals surface area contributed by atoms with Crippen molar-refractivity contribution in [2.75, 3.05) is 13.2 Å². The summed E-state index contributed by atoms with van der Waals surface area (Å²) in [4.78, 5) is 0. The van der Waals surface area contributed by atoms with Gasteiger partial charge in [-0.1, -0.05) is 30.3 Å². The van der Waals surface area contributed by atoms with E-state index in [1.807, 2.05) is 6.07 Å². The maximum atomic E-state index is 13.9. The van der Waals surface area contributed by atoms with Crippen LogP contribution in [0.25, 0.3) is 6.08 Å². The molecule has 0 aliphatic heterocycles. The van der Waals surface area contributed by atoms with Crippen molar-refractivity contribution in [2.45, 2.75) is 13.8 Å². The van der Waals surface area contributed by atoms with Gasteiger partial charge in [0, 0.05) is 0 Å². The highest BCUT2D eigenvalue weighted by Gasteiger charge is 2.30. The summed E-state index contributed by atoms with van der Waals surface area (Å²) in [6.45, 7) is 3.55. The standard InChI is InChI=1S/C12H16FO3P/c1-3-15-17(14,16-4-2)12(13)10-11-8-6-5-7-9-11/h5-10H,3-4H2,1-2H3/b12-10-. The molecular formula is C12H16FO3P. The predicted octanol–water partition coefficient (Wildman–Crippen LogP) is 4.22. The van der Waals surface area contributed by atoms with Crippen molar-refractivity contribution >= 4 is 13.7 Å². The van der Waals surface area contributed by atoms with E-state index in [0.29, 0.717) is 5.56 Å². The topological polar surface area (TPSA) is 35.5 Å². The third-order valence-corrected chi connectivity index (χ3v) is 3.79. The summed E-state index contributed by atoms with van der Waals surface area (Å²) in [5.41, 5.74) is -0.253. The number of hydrogen-bond acceptors (Lipinski definition) is 3. The van der Waals surface area contributed by atoms with Crippen LogP contribution < -0.4 is 0 Å². The van der Waals surface area contributed by atoms with E-state index in [1.54, 1.807) is 38.1 Å². The fraction of sp³-hybridized carbons (Fsp3) is 0.333. The van der Waals surface area contributed by atoms with Gasteiger partial charge in [0.25, 0.3) is 0 Å². The lowest BCUT2D eigenvalue weighted by Gasteiger charge is -2.14. The molecule has 0 N–H and O–H groups in total. The fourth-order valence-electron chi connectivity index (χ4n) is 1.27. The minimum Gasteiger partial charge on any atom is -0.304 e. The quantitative estimate of drug-likeness (QED) is 0.716. The van der Waals surface area contributed by atoms with Crippen molar-refractivity contribution in [2.24, 2.45) is 0 Å². The lowest BCUT2D eigenvalue weighted by Crippen LogP contribution is -1.96. The largest absolute Gasteiger partial charge is 0.389 e. The molecule has 1 aromatic carbocycles. The molecule has 0 aromatic heterocycles. The zero-order valence-corrected chi connectivity index (χ0v) is 10.8. The second-order valence-corrected chi connectivity index (χ2v) is 5.15. The first kappa shape index (κ1) is 14.1. The molecule has 0 saturated carbocycles. The average molecular weight is 258 g/mol. The van der Waals surface area contributed by atoms with Gasteiger partial charge in [0.15, 0.2) is 0 Å². The molecule has 1 aromatic rings. The molecule has 0 atom stereocenters. The molecule has 0 aliphatic carbocycles. The Bertz CT molecular complexity index is 407. The number of halogens is 1. The normalized spacial score (nSPS) is 12.8. The van der Waals surface area contributed by atoms with Gasteiger partial charge in [-0.3, -0.25) is 4.57 Å². The molecule has 1 rings (SSSR count). The molecule has 0 bridgehead atoms. The average Bonchev–Trinajstić information content (AvgIpc) is 2.31. The summed E-state index contributed by atoms with van der Waals surface area (Å²) in [5, 5.41) is 0. The van der Waals surface area contributed by atoms with E-state index in [1.165, 1.54) is 6.08 Å². The molecule has 0 heterocycles. The Balaban J connectivity index is 2.96.